The molecule has 0 radical (unpaired) electrons. The fraction of sp³-hybridized carbons (Fsp3) is 0.383. The van der Waals surface area contributed by atoms with Crippen LogP contribution in [0.25, 0.3) is 0 Å². The molecule has 0 unspecified atom stereocenters. The minimum atomic E-state index is -0.713. The van der Waals surface area contributed by atoms with Gasteiger partial charge in [-0.15, -0.1) is 0 Å². The van der Waals surface area contributed by atoms with E-state index in [0.717, 1.165) is 0 Å². The molecule has 15 heteroatoms. The minimum Gasteiger partial charge on any atom is -0.455 e. The van der Waals surface area contributed by atoms with Gasteiger partial charge in [-0.2, -0.15) is 0 Å². The second-order valence-corrected chi connectivity index (χ2v) is 17.9. The van der Waals surface area contributed by atoms with Gasteiger partial charge in [-0.25, -0.2) is 34.3 Å². The Morgan fingerprint density at radius 1 is 0.516 bits per heavy atom. The molecule has 5 aromatic heterocycles. The molecule has 1 N–H and O–H groups in total. The minimum absolute atomic E-state index is 0.150. The largest absolute Gasteiger partial charge is 0.455 e. The van der Waals surface area contributed by atoms with Gasteiger partial charge in [0.1, 0.15) is 39.6 Å². The predicted molar refractivity (Wildman–Crippen MR) is 231 cm³/mol. The third kappa shape index (κ3) is 15.2. The Morgan fingerprint density at radius 2 is 0.839 bits per heavy atom. The van der Waals surface area contributed by atoms with Crippen LogP contribution in [0.15, 0.2) is 89.7 Å². The van der Waals surface area contributed by atoms with Crippen LogP contribution in [0.5, 0.6) is 0 Å². The number of hydrogen-bond acceptors (Lipinski definition) is 14. The van der Waals surface area contributed by atoms with Crippen LogP contribution >= 0.6 is 0 Å². The molecule has 5 heterocycles. The lowest BCUT2D eigenvalue weighted by Gasteiger charge is -2.24. The quantitative estimate of drug-likeness (QED) is 0.0605. The van der Waals surface area contributed by atoms with E-state index in [1.807, 2.05) is 9.80 Å². The topological polar surface area (TPSA) is 187 Å². The van der Waals surface area contributed by atoms with Crippen LogP contribution in [0.4, 0.5) is 0 Å². The second kappa shape index (κ2) is 19.9. The van der Waals surface area contributed by atoms with E-state index in [1.54, 1.807) is 135 Å². The zero-order valence-electron chi connectivity index (χ0n) is 36.9. The lowest BCUT2D eigenvalue weighted by molar-refractivity contribution is 0.00499. The number of nitrogens with zero attached hydrogens (tertiary/aromatic N) is 6. The van der Waals surface area contributed by atoms with Crippen LogP contribution in [0, 0.1) is 0 Å². The van der Waals surface area contributed by atoms with Crippen LogP contribution in [-0.2, 0) is 53.5 Å². The Hall–Kier alpha value is -6.45. The van der Waals surface area contributed by atoms with E-state index in [4.69, 9.17) is 14.2 Å². The highest BCUT2D eigenvalue weighted by Crippen LogP contribution is 2.19. The molecule has 0 bridgehead atoms. The van der Waals surface area contributed by atoms with Crippen molar-refractivity contribution in [2.24, 2.45) is 0 Å². The van der Waals surface area contributed by atoms with Crippen LogP contribution in [0.3, 0.4) is 0 Å². The van der Waals surface area contributed by atoms with E-state index in [9.17, 15) is 24.0 Å². The number of aromatic nitrogens is 5. The van der Waals surface area contributed by atoms with Gasteiger partial charge in [0, 0.05) is 62.8 Å². The molecule has 0 fully saturated rings. The average molecular weight is 846 g/mol. The molecule has 0 aliphatic carbocycles. The van der Waals surface area contributed by atoms with Gasteiger partial charge < -0.3 is 19.2 Å². The molecule has 0 saturated heterocycles. The number of nitrogens with one attached hydrogen (secondary N) is 1. The van der Waals surface area contributed by atoms with Gasteiger partial charge in [0.2, 0.25) is 0 Å². The fourth-order valence-corrected chi connectivity index (χ4v) is 6.25. The molecule has 15 nitrogen and oxygen atoms in total. The zero-order valence-corrected chi connectivity index (χ0v) is 36.9. The molecule has 5 rings (SSSR count). The third-order valence-corrected chi connectivity index (χ3v) is 8.48. The van der Waals surface area contributed by atoms with Crippen LogP contribution in [-0.4, -0.2) is 75.7 Å². The molecule has 0 aliphatic heterocycles. The van der Waals surface area contributed by atoms with Gasteiger partial charge in [-0.05, 0) is 111 Å². The number of carbonyl (C=O) groups is 4. The lowest BCUT2D eigenvalue weighted by atomic mass is 10.2. The maximum atomic E-state index is 13.4. The summed E-state index contributed by atoms with van der Waals surface area (Å²) in [6.45, 7) is 17.5. The van der Waals surface area contributed by atoms with Crippen molar-refractivity contribution in [1.82, 2.24) is 34.7 Å². The highest BCUT2D eigenvalue weighted by molar-refractivity contribution is 5.88. The molecule has 62 heavy (non-hydrogen) atoms. The lowest BCUT2D eigenvalue weighted by Crippen LogP contribution is -2.28. The predicted octanol–water partition coefficient (Wildman–Crippen LogP) is 7.04. The number of H-pyrrole nitrogens is 1. The Kier molecular flexibility index (Phi) is 15.0. The average Bonchev–Trinajstić information content (AvgIpc) is 3.16. The van der Waals surface area contributed by atoms with Crippen molar-refractivity contribution in [2.75, 3.05) is 0 Å². The van der Waals surface area contributed by atoms with Gasteiger partial charge in [-0.3, -0.25) is 19.4 Å². The van der Waals surface area contributed by atoms with E-state index in [0.29, 0.717) is 40.4 Å². The number of rotatable bonds is 16. The first-order valence-corrected chi connectivity index (χ1v) is 20.3. The van der Waals surface area contributed by atoms with Crippen LogP contribution in [0.1, 0.15) is 138 Å². The van der Waals surface area contributed by atoms with Crippen molar-refractivity contribution in [3.63, 3.8) is 0 Å². The Balaban J connectivity index is 1.46. The SMILES string of the molecule is CC(C)(C)OC(=O)c1cccc(CN(Cc2cccc(C=O)n2)Cc2cc(=O)cc(CN(Cc3cccc(C(=O)OC(C)(C)C)n3)Cc3cccc(C(=O)OC(C)(C)C)n3)[nH]2)n1. The number of carbonyl (C=O) groups excluding carboxylic acids is 4. The smallest absolute Gasteiger partial charge is 0.357 e. The van der Waals surface area contributed by atoms with E-state index in [1.165, 1.54) is 12.1 Å². The molecule has 0 aliphatic rings. The maximum absolute atomic E-state index is 13.4. The van der Waals surface area contributed by atoms with Crippen LogP contribution in [0.2, 0.25) is 0 Å². The summed E-state index contributed by atoms with van der Waals surface area (Å²) < 4.78 is 16.7. The molecule has 0 aromatic carbocycles. The van der Waals surface area contributed by atoms with Crippen molar-refractivity contribution in [3.8, 4) is 0 Å². The molecule has 0 atom stereocenters. The molecule has 0 spiro atoms. The van der Waals surface area contributed by atoms with Gasteiger partial charge in [0.15, 0.2) is 11.7 Å². The number of esters is 3. The summed E-state index contributed by atoms with van der Waals surface area (Å²) in [6, 6.07) is 23.6. The maximum Gasteiger partial charge on any atom is 0.357 e. The number of aromatic amines is 1. The Labute approximate surface area is 361 Å². The van der Waals surface area contributed by atoms with Gasteiger partial charge in [0.05, 0.1) is 22.8 Å². The fourth-order valence-electron chi connectivity index (χ4n) is 6.25. The van der Waals surface area contributed by atoms with Crippen molar-refractivity contribution >= 4 is 24.2 Å². The molecule has 326 valence electrons. The monoisotopic (exact) mass is 845 g/mol. The van der Waals surface area contributed by atoms with Crippen molar-refractivity contribution in [1.29, 1.82) is 0 Å². The Morgan fingerprint density at radius 3 is 1.16 bits per heavy atom. The van der Waals surface area contributed by atoms with E-state index < -0.39 is 34.7 Å². The number of pyridine rings is 5. The zero-order chi connectivity index (χ0) is 45.2. The molecular weight excluding hydrogens is 791 g/mol. The normalized spacial score (nSPS) is 12.0. The van der Waals surface area contributed by atoms with Gasteiger partial charge in [-0.1, -0.05) is 24.3 Å². The van der Waals surface area contributed by atoms with Crippen molar-refractivity contribution in [2.45, 2.75) is 118 Å². The van der Waals surface area contributed by atoms with Crippen LogP contribution < -0.4 is 5.43 Å². The number of aldehydes is 1. The summed E-state index contributed by atoms with van der Waals surface area (Å²) >= 11 is 0. The first-order chi connectivity index (χ1) is 29.1. The standard InChI is InChI=1S/C47H55N7O8/c1-45(2,3)60-42(57)39-19-11-15-32(50-39)25-53(24-31-14-10-18-35(30-55)48-31)28-36-22-38(56)23-37(49-36)29-54(26-33-16-12-20-40(51-33)43(58)61-46(4,5)6)27-34-17-13-21-41(52-34)44(59)62-47(7,8)9/h10-23,30H,24-29H2,1-9H3,(H,49,56). The summed E-state index contributed by atoms with van der Waals surface area (Å²) in [5.74, 6) is -1.66. The van der Waals surface area contributed by atoms with E-state index in [-0.39, 0.29) is 67.5 Å². The van der Waals surface area contributed by atoms with Crippen molar-refractivity contribution < 1.29 is 33.4 Å². The molecule has 5 aromatic rings. The summed E-state index contributed by atoms with van der Waals surface area (Å²) in [5, 5.41) is 0. The first kappa shape index (κ1) is 46.6. The Bertz CT molecular complexity index is 2370. The number of ether oxygens (including phenoxy) is 3. The van der Waals surface area contributed by atoms with E-state index in [2.05, 4.69) is 24.9 Å². The summed E-state index contributed by atoms with van der Waals surface area (Å²) in [6.07, 6.45) is 0.680. The van der Waals surface area contributed by atoms with Gasteiger partial charge in [0.25, 0.3) is 0 Å². The summed E-state index contributed by atoms with van der Waals surface area (Å²) in [4.78, 5) is 89.5. The van der Waals surface area contributed by atoms with E-state index >= 15 is 0 Å². The third-order valence-electron chi connectivity index (χ3n) is 8.48. The number of hydrogen-bond donors (Lipinski definition) is 1. The first-order valence-electron chi connectivity index (χ1n) is 20.3. The molecular formula is C47H55N7O8. The highest BCUT2D eigenvalue weighted by atomic mass is 16.6. The highest BCUT2D eigenvalue weighted by Gasteiger charge is 2.23. The summed E-state index contributed by atoms with van der Waals surface area (Å²) in [7, 11) is 0. The summed E-state index contributed by atoms with van der Waals surface area (Å²) in [5.41, 5.74) is 1.84. The van der Waals surface area contributed by atoms with Crippen molar-refractivity contribution in [3.05, 3.63) is 152 Å². The van der Waals surface area contributed by atoms with Gasteiger partial charge >= 0.3 is 17.9 Å². The molecule has 0 saturated carbocycles. The molecule has 0 amide bonds. The second-order valence-electron chi connectivity index (χ2n) is 17.9.